The van der Waals surface area contributed by atoms with Crippen molar-refractivity contribution in [3.05, 3.63) is 51.3 Å². The van der Waals surface area contributed by atoms with Crippen LogP contribution in [-0.4, -0.2) is 44.1 Å². The number of thiocarbonyl (C=S) groups is 1. The maximum atomic E-state index is 13.0. The number of anilines is 1. The van der Waals surface area contributed by atoms with Crippen LogP contribution in [0.3, 0.4) is 0 Å². The minimum Gasteiger partial charge on any atom is -0.497 e. The molecule has 7 nitrogen and oxygen atoms in total. The van der Waals surface area contributed by atoms with E-state index in [9.17, 15) is 9.59 Å². The summed E-state index contributed by atoms with van der Waals surface area (Å²) in [6.07, 6.45) is 1.72. The average molecular weight is 524 g/mol. The number of halogens is 1. The molecule has 0 aliphatic carbocycles. The maximum Gasteiger partial charge on any atom is 0.343 e. The molecule has 2 aromatic rings. The minimum atomic E-state index is -0.510. The van der Waals surface area contributed by atoms with Crippen molar-refractivity contribution in [3.63, 3.8) is 0 Å². The van der Waals surface area contributed by atoms with Gasteiger partial charge in [0, 0.05) is 4.47 Å². The van der Waals surface area contributed by atoms with Gasteiger partial charge in [0.05, 0.1) is 31.9 Å². The van der Waals surface area contributed by atoms with Crippen molar-refractivity contribution in [3.8, 4) is 17.2 Å². The molecule has 10 heteroatoms. The van der Waals surface area contributed by atoms with Gasteiger partial charge in [0.25, 0.3) is 5.91 Å². The number of nitrogens with zero attached hydrogens (tertiary/aromatic N) is 1. The number of hydrogen-bond donors (Lipinski definition) is 0. The molecule has 31 heavy (non-hydrogen) atoms. The fourth-order valence-electron chi connectivity index (χ4n) is 2.69. The fraction of sp³-hybridized carbons (Fsp3) is 0.190. The van der Waals surface area contributed by atoms with Crippen LogP contribution in [0.15, 0.2) is 45.8 Å². The Hall–Kier alpha value is -2.56. The lowest BCUT2D eigenvalue weighted by molar-refractivity contribution is -0.142. The lowest BCUT2D eigenvalue weighted by Gasteiger charge is -2.15. The monoisotopic (exact) mass is 523 g/mol. The van der Waals surface area contributed by atoms with E-state index >= 15 is 0 Å². The van der Waals surface area contributed by atoms with Gasteiger partial charge >= 0.3 is 5.97 Å². The van der Waals surface area contributed by atoms with Gasteiger partial charge in [0.2, 0.25) is 0 Å². The van der Waals surface area contributed by atoms with Gasteiger partial charge < -0.3 is 18.9 Å². The van der Waals surface area contributed by atoms with Crippen LogP contribution >= 0.6 is 39.9 Å². The first-order valence-corrected chi connectivity index (χ1v) is 10.9. The molecule has 1 amide bonds. The van der Waals surface area contributed by atoms with E-state index in [1.807, 2.05) is 0 Å². The van der Waals surface area contributed by atoms with E-state index in [1.54, 1.807) is 49.6 Å². The third-order valence-electron chi connectivity index (χ3n) is 4.27. The molecule has 0 spiro atoms. The van der Waals surface area contributed by atoms with E-state index in [0.717, 1.165) is 0 Å². The minimum absolute atomic E-state index is 0.225. The van der Waals surface area contributed by atoms with Crippen LogP contribution in [0.4, 0.5) is 5.69 Å². The molecule has 1 aliphatic heterocycles. The summed E-state index contributed by atoms with van der Waals surface area (Å²) in [6, 6.07) is 10.5. The zero-order valence-corrected chi connectivity index (χ0v) is 20.1. The standard InChI is InChI=1S/C21H18BrNO6S2/c1-26-14-6-4-13(5-7-14)23-20(25)18(31-21(23)30)9-12-8-16(27-2)17(10-15(12)22)29-11-19(24)28-3/h4-10H,11H2,1-3H3/b18-9-. The number of amides is 1. The largest absolute Gasteiger partial charge is 0.497 e. The van der Waals surface area contributed by atoms with Gasteiger partial charge in [-0.3, -0.25) is 9.69 Å². The van der Waals surface area contributed by atoms with Gasteiger partial charge in [-0.05, 0) is 48.0 Å². The molecule has 0 atom stereocenters. The number of benzene rings is 2. The summed E-state index contributed by atoms with van der Waals surface area (Å²) >= 11 is 10.1. The number of thioether (sulfide) groups is 1. The van der Waals surface area contributed by atoms with Gasteiger partial charge in [-0.1, -0.05) is 39.9 Å². The van der Waals surface area contributed by atoms with Crippen LogP contribution in [-0.2, 0) is 14.3 Å². The Morgan fingerprint density at radius 3 is 2.45 bits per heavy atom. The molecular weight excluding hydrogens is 506 g/mol. The van der Waals surface area contributed by atoms with Crippen LogP contribution in [0.2, 0.25) is 0 Å². The van der Waals surface area contributed by atoms with Crippen LogP contribution in [0, 0.1) is 0 Å². The first-order valence-electron chi connectivity index (χ1n) is 8.87. The van der Waals surface area contributed by atoms with Crippen molar-refractivity contribution in [1.29, 1.82) is 0 Å². The SMILES string of the molecule is COC(=O)COc1cc(Br)c(/C=C2\SC(=S)N(c3ccc(OC)cc3)C2=O)cc1OC. The van der Waals surface area contributed by atoms with Crippen LogP contribution < -0.4 is 19.1 Å². The first kappa shape index (κ1) is 23.1. The first-order chi connectivity index (χ1) is 14.9. The van der Waals surface area contributed by atoms with E-state index in [1.165, 1.54) is 30.9 Å². The fourth-order valence-corrected chi connectivity index (χ4v) is 4.42. The highest BCUT2D eigenvalue weighted by Crippen LogP contribution is 2.39. The van der Waals surface area contributed by atoms with Crippen LogP contribution in [0.5, 0.6) is 17.2 Å². The van der Waals surface area contributed by atoms with Gasteiger partial charge in [-0.25, -0.2) is 4.79 Å². The van der Waals surface area contributed by atoms with E-state index in [4.69, 9.17) is 26.4 Å². The quantitative estimate of drug-likeness (QED) is 0.300. The second-order valence-corrected chi connectivity index (χ2v) is 8.63. The van der Waals surface area contributed by atoms with Crippen molar-refractivity contribution in [2.45, 2.75) is 0 Å². The third kappa shape index (κ3) is 5.20. The summed E-state index contributed by atoms with van der Waals surface area (Å²) in [4.78, 5) is 26.3. The number of hydrogen-bond acceptors (Lipinski definition) is 8. The molecule has 1 fully saturated rings. The summed E-state index contributed by atoms with van der Waals surface area (Å²) in [5.74, 6) is 0.725. The molecule has 1 aliphatic rings. The van der Waals surface area contributed by atoms with Crippen LogP contribution in [0.25, 0.3) is 6.08 Å². The van der Waals surface area contributed by atoms with E-state index in [-0.39, 0.29) is 12.5 Å². The number of carbonyl (C=O) groups excluding carboxylic acids is 2. The Balaban J connectivity index is 1.87. The molecule has 1 heterocycles. The highest BCUT2D eigenvalue weighted by molar-refractivity contribution is 9.10. The van der Waals surface area contributed by atoms with Crippen molar-refractivity contribution in [1.82, 2.24) is 0 Å². The predicted molar refractivity (Wildman–Crippen MR) is 127 cm³/mol. The van der Waals surface area contributed by atoms with Crippen molar-refractivity contribution in [2.24, 2.45) is 0 Å². The Kier molecular flexibility index (Phi) is 7.58. The number of carbonyl (C=O) groups is 2. The molecule has 2 aromatic carbocycles. The molecule has 0 radical (unpaired) electrons. The maximum absolute atomic E-state index is 13.0. The van der Waals surface area contributed by atoms with Crippen molar-refractivity contribution >= 4 is 67.9 Å². The smallest absolute Gasteiger partial charge is 0.343 e. The molecule has 0 bridgehead atoms. The van der Waals surface area contributed by atoms with Crippen molar-refractivity contribution in [2.75, 3.05) is 32.8 Å². The number of methoxy groups -OCH3 is 3. The summed E-state index contributed by atoms with van der Waals surface area (Å²) in [6.45, 7) is -0.251. The highest BCUT2D eigenvalue weighted by Gasteiger charge is 2.33. The number of ether oxygens (including phenoxy) is 4. The van der Waals surface area contributed by atoms with E-state index in [2.05, 4.69) is 20.7 Å². The van der Waals surface area contributed by atoms with Crippen molar-refractivity contribution < 1.29 is 28.5 Å². The van der Waals surface area contributed by atoms with Crippen LogP contribution in [0.1, 0.15) is 5.56 Å². The Morgan fingerprint density at radius 1 is 1.13 bits per heavy atom. The number of esters is 1. The normalized spacial score (nSPS) is 14.7. The van der Waals surface area contributed by atoms with E-state index < -0.39 is 5.97 Å². The Morgan fingerprint density at radius 2 is 1.84 bits per heavy atom. The topological polar surface area (TPSA) is 74.3 Å². The lowest BCUT2D eigenvalue weighted by atomic mass is 10.1. The summed E-state index contributed by atoms with van der Waals surface area (Å²) in [5, 5.41) is 0. The average Bonchev–Trinajstić information content (AvgIpc) is 3.06. The Labute approximate surface area is 197 Å². The summed E-state index contributed by atoms with van der Waals surface area (Å²) in [5.41, 5.74) is 1.35. The Bertz CT molecular complexity index is 1050. The third-order valence-corrected chi connectivity index (χ3v) is 6.26. The second kappa shape index (κ2) is 10.2. The van der Waals surface area contributed by atoms with E-state index in [0.29, 0.717) is 42.2 Å². The predicted octanol–water partition coefficient (Wildman–Crippen LogP) is 4.42. The molecule has 3 rings (SSSR count). The second-order valence-electron chi connectivity index (χ2n) is 6.10. The molecule has 0 aromatic heterocycles. The van der Waals surface area contributed by atoms with Gasteiger partial charge in [0.1, 0.15) is 5.75 Å². The lowest BCUT2D eigenvalue weighted by Crippen LogP contribution is -2.27. The summed E-state index contributed by atoms with van der Waals surface area (Å²) in [7, 11) is 4.35. The molecule has 0 N–H and O–H groups in total. The summed E-state index contributed by atoms with van der Waals surface area (Å²) < 4.78 is 21.7. The zero-order valence-electron chi connectivity index (χ0n) is 16.8. The van der Waals surface area contributed by atoms with Gasteiger partial charge in [-0.15, -0.1) is 0 Å². The molecule has 1 saturated heterocycles. The number of rotatable bonds is 7. The highest BCUT2D eigenvalue weighted by atomic mass is 79.9. The molecular formula is C21H18BrNO6S2. The zero-order chi connectivity index (χ0) is 22.5. The van der Waals surface area contributed by atoms with Gasteiger partial charge in [0.15, 0.2) is 22.4 Å². The molecule has 162 valence electrons. The van der Waals surface area contributed by atoms with Gasteiger partial charge in [-0.2, -0.15) is 0 Å². The molecule has 0 saturated carbocycles. The molecule has 0 unspecified atom stereocenters.